The molecule has 0 radical (unpaired) electrons. The number of hydrogen-bond acceptors (Lipinski definition) is 7. The van der Waals surface area contributed by atoms with Gasteiger partial charge < -0.3 is 14.4 Å². The molecule has 31 heavy (non-hydrogen) atoms. The molecule has 1 unspecified atom stereocenters. The molecular formula is C21H26ClN3O5S. The summed E-state index contributed by atoms with van der Waals surface area (Å²) >= 11 is 6.20. The summed E-state index contributed by atoms with van der Waals surface area (Å²) in [5, 5.41) is 0.102. The van der Waals surface area contributed by atoms with Gasteiger partial charge in [0, 0.05) is 30.5 Å². The second kappa shape index (κ2) is 9.50. The number of ether oxygens (including phenoxy) is 2. The number of morpholine rings is 1. The Kier molecular flexibility index (Phi) is 7.18. The molecule has 168 valence electrons. The van der Waals surface area contributed by atoms with Gasteiger partial charge in [0.1, 0.15) is 18.5 Å². The lowest BCUT2D eigenvalue weighted by Crippen LogP contribution is -2.47. The molecule has 0 bridgehead atoms. The summed E-state index contributed by atoms with van der Waals surface area (Å²) in [5.41, 5.74) is 1.07. The van der Waals surface area contributed by atoms with Crippen molar-refractivity contribution in [3.8, 4) is 5.88 Å². The molecule has 1 saturated heterocycles. The molecule has 1 aliphatic rings. The lowest BCUT2D eigenvalue weighted by molar-refractivity contribution is -0.0407. The Hall–Kier alpha value is -2.23. The number of aryl methyl sites for hydroxylation is 1. The zero-order valence-electron chi connectivity index (χ0n) is 18.0. The average molecular weight is 468 g/mol. The first-order valence-electron chi connectivity index (χ1n) is 9.93. The first-order valence-corrected chi connectivity index (χ1v) is 12.2. The van der Waals surface area contributed by atoms with Crippen LogP contribution in [0.25, 0.3) is 0 Å². The summed E-state index contributed by atoms with van der Waals surface area (Å²) in [4.78, 5) is 23.5. The molecule has 1 atom stereocenters. The Morgan fingerprint density at radius 3 is 2.71 bits per heavy atom. The number of benzene rings is 1. The number of rotatable bonds is 6. The highest BCUT2D eigenvalue weighted by Crippen LogP contribution is 2.23. The third kappa shape index (κ3) is 5.93. The van der Waals surface area contributed by atoms with Gasteiger partial charge in [0.15, 0.2) is 9.84 Å². The predicted molar refractivity (Wildman–Crippen MR) is 117 cm³/mol. The van der Waals surface area contributed by atoms with Crippen molar-refractivity contribution in [2.45, 2.75) is 37.7 Å². The number of carbonyl (C=O) groups is 1. The summed E-state index contributed by atoms with van der Waals surface area (Å²) in [6.45, 7) is 7.24. The second-order valence-corrected chi connectivity index (χ2v) is 10.3. The van der Waals surface area contributed by atoms with Crippen LogP contribution in [-0.4, -0.2) is 67.9 Å². The molecule has 1 amide bonds. The standard InChI is InChI=1S/C21H26ClN3O5S/c1-13(2)20-23-14(3)9-19(24-20)30-12-15-11-25(7-8-29-15)21(26)17-6-5-16(10-18(17)22)31(4,27)28/h5-6,9-10,13,15H,7-8,11-12H2,1-4H3. The summed E-state index contributed by atoms with van der Waals surface area (Å²) in [6, 6.07) is 5.90. The topological polar surface area (TPSA) is 98.7 Å². The fourth-order valence-corrected chi connectivity index (χ4v) is 4.12. The molecule has 0 aliphatic carbocycles. The van der Waals surface area contributed by atoms with Crippen LogP contribution in [0.3, 0.4) is 0 Å². The van der Waals surface area contributed by atoms with Gasteiger partial charge in [0.05, 0.1) is 28.6 Å². The van der Waals surface area contributed by atoms with Crippen molar-refractivity contribution in [3.63, 3.8) is 0 Å². The molecule has 1 aromatic heterocycles. The summed E-state index contributed by atoms with van der Waals surface area (Å²) in [6.07, 6.45) is 0.764. The number of halogens is 1. The number of nitrogens with zero attached hydrogens (tertiary/aromatic N) is 3. The van der Waals surface area contributed by atoms with Crippen LogP contribution in [-0.2, 0) is 14.6 Å². The number of hydrogen-bond donors (Lipinski definition) is 0. The first-order chi connectivity index (χ1) is 14.5. The van der Waals surface area contributed by atoms with Crippen LogP contribution in [0.1, 0.15) is 41.6 Å². The lowest BCUT2D eigenvalue weighted by atomic mass is 10.1. The Morgan fingerprint density at radius 1 is 1.32 bits per heavy atom. The van der Waals surface area contributed by atoms with Gasteiger partial charge in [-0.25, -0.2) is 13.4 Å². The first kappa shape index (κ1) is 23.4. The summed E-state index contributed by atoms with van der Waals surface area (Å²) in [7, 11) is -3.40. The van der Waals surface area contributed by atoms with Crippen molar-refractivity contribution < 1.29 is 22.7 Å². The minimum Gasteiger partial charge on any atom is -0.475 e. The number of sulfone groups is 1. The van der Waals surface area contributed by atoms with Gasteiger partial charge in [0.25, 0.3) is 5.91 Å². The van der Waals surface area contributed by atoms with Crippen molar-refractivity contribution in [2.24, 2.45) is 0 Å². The number of amides is 1. The highest BCUT2D eigenvalue weighted by atomic mass is 35.5. The maximum Gasteiger partial charge on any atom is 0.255 e. The molecular weight excluding hydrogens is 442 g/mol. The van der Waals surface area contributed by atoms with E-state index >= 15 is 0 Å². The summed E-state index contributed by atoms with van der Waals surface area (Å²) in [5.74, 6) is 1.09. The van der Waals surface area contributed by atoms with E-state index in [-0.39, 0.29) is 40.0 Å². The van der Waals surface area contributed by atoms with Crippen LogP contribution in [0, 0.1) is 6.92 Å². The van der Waals surface area contributed by atoms with Crippen LogP contribution >= 0.6 is 11.6 Å². The Morgan fingerprint density at radius 2 is 2.06 bits per heavy atom. The monoisotopic (exact) mass is 467 g/mol. The zero-order chi connectivity index (χ0) is 22.8. The Balaban J connectivity index is 1.66. The molecule has 2 aromatic rings. The molecule has 0 spiro atoms. The number of carbonyl (C=O) groups excluding carboxylic acids is 1. The van der Waals surface area contributed by atoms with Crippen molar-refractivity contribution in [3.05, 3.63) is 46.4 Å². The molecule has 3 rings (SSSR count). The SMILES string of the molecule is Cc1cc(OCC2CN(C(=O)c3ccc(S(C)(=O)=O)cc3Cl)CCO2)nc(C(C)C)n1. The van der Waals surface area contributed by atoms with Crippen LogP contribution in [0.2, 0.25) is 5.02 Å². The van der Waals surface area contributed by atoms with Crippen LogP contribution in [0.5, 0.6) is 5.88 Å². The molecule has 8 nitrogen and oxygen atoms in total. The van der Waals surface area contributed by atoms with E-state index in [0.29, 0.717) is 31.4 Å². The van der Waals surface area contributed by atoms with Gasteiger partial charge in [-0.1, -0.05) is 25.4 Å². The fourth-order valence-electron chi connectivity index (χ4n) is 3.15. The summed E-state index contributed by atoms with van der Waals surface area (Å²) < 4.78 is 34.9. The van der Waals surface area contributed by atoms with Gasteiger partial charge in [0.2, 0.25) is 5.88 Å². The maximum atomic E-state index is 12.9. The highest BCUT2D eigenvalue weighted by Gasteiger charge is 2.27. The third-order valence-corrected chi connectivity index (χ3v) is 6.23. The molecule has 1 aliphatic heterocycles. The molecule has 0 saturated carbocycles. The Labute approximate surface area is 187 Å². The van der Waals surface area contributed by atoms with Crippen molar-refractivity contribution in [2.75, 3.05) is 32.6 Å². The molecule has 1 fully saturated rings. The minimum absolute atomic E-state index is 0.0724. The number of aromatic nitrogens is 2. The van der Waals surface area contributed by atoms with E-state index in [4.69, 9.17) is 21.1 Å². The minimum atomic E-state index is -3.40. The van der Waals surface area contributed by atoms with Gasteiger partial charge >= 0.3 is 0 Å². The van der Waals surface area contributed by atoms with Crippen LogP contribution < -0.4 is 4.74 Å². The van der Waals surface area contributed by atoms with E-state index in [1.807, 2.05) is 20.8 Å². The van der Waals surface area contributed by atoms with Gasteiger partial charge in [-0.15, -0.1) is 0 Å². The molecule has 1 aromatic carbocycles. The normalized spacial score (nSPS) is 17.1. The van der Waals surface area contributed by atoms with Gasteiger partial charge in [-0.3, -0.25) is 4.79 Å². The second-order valence-electron chi connectivity index (χ2n) is 7.83. The quantitative estimate of drug-likeness (QED) is 0.644. The van der Waals surface area contributed by atoms with E-state index in [2.05, 4.69) is 9.97 Å². The predicted octanol–water partition coefficient (Wildman–Crippen LogP) is 2.89. The van der Waals surface area contributed by atoms with Crippen LogP contribution in [0.4, 0.5) is 0 Å². The molecule has 2 heterocycles. The maximum absolute atomic E-state index is 12.9. The van der Waals surface area contributed by atoms with E-state index < -0.39 is 9.84 Å². The third-order valence-electron chi connectivity index (χ3n) is 4.81. The Bertz CT molecular complexity index is 1070. The zero-order valence-corrected chi connectivity index (χ0v) is 19.5. The van der Waals surface area contributed by atoms with Crippen molar-refractivity contribution in [1.29, 1.82) is 0 Å². The van der Waals surface area contributed by atoms with Crippen molar-refractivity contribution >= 4 is 27.3 Å². The fraction of sp³-hybridized carbons (Fsp3) is 0.476. The van der Waals surface area contributed by atoms with Crippen LogP contribution in [0.15, 0.2) is 29.2 Å². The van der Waals surface area contributed by atoms with E-state index in [0.717, 1.165) is 11.9 Å². The largest absolute Gasteiger partial charge is 0.475 e. The molecule has 0 N–H and O–H groups in total. The molecule has 10 heteroatoms. The average Bonchev–Trinajstić information content (AvgIpc) is 2.71. The van der Waals surface area contributed by atoms with E-state index in [9.17, 15) is 13.2 Å². The lowest BCUT2D eigenvalue weighted by Gasteiger charge is -2.33. The van der Waals surface area contributed by atoms with Gasteiger partial charge in [-0.2, -0.15) is 4.98 Å². The van der Waals surface area contributed by atoms with Crippen molar-refractivity contribution in [1.82, 2.24) is 14.9 Å². The van der Waals surface area contributed by atoms with E-state index in [1.54, 1.807) is 11.0 Å². The van der Waals surface area contributed by atoms with Gasteiger partial charge in [-0.05, 0) is 25.1 Å². The smallest absolute Gasteiger partial charge is 0.255 e. The highest BCUT2D eigenvalue weighted by molar-refractivity contribution is 7.90. The van der Waals surface area contributed by atoms with E-state index in [1.165, 1.54) is 18.2 Å².